The maximum Gasteiger partial charge on any atom is 0.258 e. The number of aromatic nitrogens is 1. The van der Waals surface area contributed by atoms with Crippen LogP contribution in [-0.4, -0.2) is 53.3 Å². The van der Waals surface area contributed by atoms with Gasteiger partial charge in [0.2, 0.25) is 5.91 Å². The lowest BCUT2D eigenvalue weighted by Crippen LogP contribution is -2.51. The first-order chi connectivity index (χ1) is 16.1. The van der Waals surface area contributed by atoms with Gasteiger partial charge in [0.05, 0.1) is 24.4 Å². The summed E-state index contributed by atoms with van der Waals surface area (Å²) in [5, 5.41) is 0. The van der Waals surface area contributed by atoms with Crippen LogP contribution >= 0.6 is 0 Å². The van der Waals surface area contributed by atoms with Crippen LogP contribution in [0, 0.1) is 0 Å². The van der Waals surface area contributed by atoms with Gasteiger partial charge in [-0.05, 0) is 29.8 Å². The molecular formula is C26H27N3O4. The van der Waals surface area contributed by atoms with Crippen molar-refractivity contribution in [3.63, 3.8) is 0 Å². The third-order valence-corrected chi connectivity index (χ3v) is 5.79. The summed E-state index contributed by atoms with van der Waals surface area (Å²) >= 11 is 0. The van der Waals surface area contributed by atoms with Gasteiger partial charge >= 0.3 is 0 Å². The number of ether oxygens (including phenoxy) is 2. The fourth-order valence-corrected chi connectivity index (χ4v) is 4.05. The van der Waals surface area contributed by atoms with E-state index in [1.807, 2.05) is 53.4 Å². The molecule has 1 aliphatic heterocycles. The van der Waals surface area contributed by atoms with Gasteiger partial charge in [-0.2, -0.15) is 0 Å². The fourth-order valence-electron chi connectivity index (χ4n) is 4.05. The number of carbonyl (C=O) groups excluding carboxylic acids is 2. The van der Waals surface area contributed by atoms with Crippen LogP contribution < -0.4 is 9.47 Å². The van der Waals surface area contributed by atoms with Crippen LogP contribution in [0.1, 0.15) is 34.6 Å². The van der Waals surface area contributed by atoms with E-state index in [1.165, 1.54) is 0 Å². The second-order valence-electron chi connectivity index (χ2n) is 7.84. The first-order valence-electron chi connectivity index (χ1n) is 10.9. The maximum atomic E-state index is 13.8. The Hall–Kier alpha value is -3.87. The van der Waals surface area contributed by atoms with E-state index in [1.54, 1.807) is 43.3 Å². The van der Waals surface area contributed by atoms with E-state index >= 15 is 0 Å². The molecule has 1 fully saturated rings. The molecule has 1 aliphatic rings. The van der Waals surface area contributed by atoms with Gasteiger partial charge in [-0.25, -0.2) is 0 Å². The number of rotatable bonds is 6. The fraction of sp³-hybridized carbons (Fsp3) is 0.269. The van der Waals surface area contributed by atoms with Crippen molar-refractivity contribution in [3.8, 4) is 11.5 Å². The van der Waals surface area contributed by atoms with Crippen LogP contribution in [0.2, 0.25) is 0 Å². The minimum absolute atomic E-state index is 0.00351. The van der Waals surface area contributed by atoms with Gasteiger partial charge in [0.1, 0.15) is 6.61 Å². The number of hydrogen-bond donors (Lipinski definition) is 0. The molecule has 3 aromatic rings. The van der Waals surface area contributed by atoms with Gasteiger partial charge in [-0.3, -0.25) is 14.6 Å². The molecule has 0 spiro atoms. The minimum atomic E-state index is -0.258. The topological polar surface area (TPSA) is 72.0 Å². The number of piperazine rings is 1. The molecule has 0 radical (unpaired) electrons. The van der Waals surface area contributed by atoms with Crippen molar-refractivity contribution in [3.05, 3.63) is 89.7 Å². The van der Waals surface area contributed by atoms with Gasteiger partial charge in [0.25, 0.3) is 5.91 Å². The second-order valence-corrected chi connectivity index (χ2v) is 7.84. The zero-order valence-electron chi connectivity index (χ0n) is 18.8. The Morgan fingerprint density at radius 3 is 2.48 bits per heavy atom. The second kappa shape index (κ2) is 10.2. The van der Waals surface area contributed by atoms with Crippen LogP contribution in [-0.2, 0) is 11.4 Å². The normalized spacial score (nSPS) is 15.8. The smallest absolute Gasteiger partial charge is 0.258 e. The number of carbonyl (C=O) groups is 2. The predicted molar refractivity (Wildman–Crippen MR) is 124 cm³/mol. The van der Waals surface area contributed by atoms with Crippen LogP contribution in [0.3, 0.4) is 0 Å². The van der Waals surface area contributed by atoms with Crippen molar-refractivity contribution >= 4 is 11.8 Å². The van der Waals surface area contributed by atoms with Crippen molar-refractivity contribution in [2.45, 2.75) is 19.6 Å². The number of para-hydroxylation sites is 1. The third kappa shape index (κ3) is 4.98. The Morgan fingerprint density at radius 1 is 1.00 bits per heavy atom. The van der Waals surface area contributed by atoms with Crippen molar-refractivity contribution in [2.75, 3.05) is 26.7 Å². The Kier molecular flexibility index (Phi) is 6.88. The third-order valence-electron chi connectivity index (χ3n) is 5.79. The molecule has 170 valence electrons. The van der Waals surface area contributed by atoms with E-state index in [2.05, 4.69) is 4.98 Å². The summed E-state index contributed by atoms with van der Waals surface area (Å²) in [4.78, 5) is 33.8. The molecule has 1 aromatic heterocycles. The number of amides is 2. The molecule has 7 heteroatoms. The number of benzene rings is 2. The summed E-state index contributed by atoms with van der Waals surface area (Å²) in [5.74, 6) is 0.706. The van der Waals surface area contributed by atoms with Crippen molar-refractivity contribution in [1.29, 1.82) is 0 Å². The quantitative estimate of drug-likeness (QED) is 0.578. The van der Waals surface area contributed by atoms with E-state index in [4.69, 9.17) is 9.47 Å². The van der Waals surface area contributed by atoms with Gasteiger partial charge < -0.3 is 19.3 Å². The summed E-state index contributed by atoms with van der Waals surface area (Å²) in [5.41, 5.74) is 2.15. The molecule has 4 rings (SSSR count). The molecule has 0 N–H and O–H groups in total. The van der Waals surface area contributed by atoms with Crippen molar-refractivity contribution in [2.24, 2.45) is 0 Å². The van der Waals surface area contributed by atoms with Crippen LogP contribution in [0.15, 0.2) is 72.9 Å². The van der Waals surface area contributed by atoms with Gasteiger partial charge in [-0.15, -0.1) is 0 Å². The maximum absolute atomic E-state index is 13.8. The highest BCUT2D eigenvalue weighted by Crippen LogP contribution is 2.35. The predicted octanol–water partition coefficient (Wildman–Crippen LogP) is 3.71. The molecule has 0 bridgehead atoms. The summed E-state index contributed by atoms with van der Waals surface area (Å²) in [7, 11) is 1.55. The summed E-state index contributed by atoms with van der Waals surface area (Å²) in [6, 6.07) is 20.4. The Balaban J connectivity index is 1.66. The zero-order valence-corrected chi connectivity index (χ0v) is 18.8. The van der Waals surface area contributed by atoms with Gasteiger partial charge in [0, 0.05) is 32.8 Å². The van der Waals surface area contributed by atoms with E-state index in [9.17, 15) is 9.59 Å². The van der Waals surface area contributed by atoms with E-state index in [-0.39, 0.29) is 24.5 Å². The van der Waals surface area contributed by atoms with Gasteiger partial charge in [-0.1, -0.05) is 42.5 Å². The lowest BCUT2D eigenvalue weighted by molar-refractivity contribution is -0.131. The standard InChI is InChI=1S/C26H27N3O4/c1-19(30)28-15-16-29(23(17-28)20-9-4-3-5-10-20)26(31)22-12-8-13-24(32-2)25(22)33-18-21-11-6-7-14-27-21/h3-14,23H,15-18H2,1-2H3. The molecule has 2 amide bonds. The molecular weight excluding hydrogens is 418 g/mol. The summed E-state index contributed by atoms with van der Waals surface area (Å²) in [6.45, 7) is 3.12. The van der Waals surface area contributed by atoms with Gasteiger partial charge in [0.15, 0.2) is 11.5 Å². The largest absolute Gasteiger partial charge is 0.493 e. The lowest BCUT2D eigenvalue weighted by atomic mass is 10.0. The highest BCUT2D eigenvalue weighted by Gasteiger charge is 2.34. The zero-order chi connectivity index (χ0) is 23.2. The highest BCUT2D eigenvalue weighted by molar-refractivity contribution is 5.98. The molecule has 0 aliphatic carbocycles. The number of nitrogens with zero attached hydrogens (tertiary/aromatic N) is 3. The average molecular weight is 446 g/mol. The van der Waals surface area contributed by atoms with Crippen LogP contribution in [0.25, 0.3) is 0 Å². The van der Waals surface area contributed by atoms with E-state index in [0.29, 0.717) is 36.7 Å². The Labute approximate surface area is 193 Å². The molecule has 1 atom stereocenters. The molecule has 7 nitrogen and oxygen atoms in total. The average Bonchev–Trinajstić information content (AvgIpc) is 2.87. The Morgan fingerprint density at radius 2 is 1.79 bits per heavy atom. The van der Waals surface area contributed by atoms with E-state index < -0.39 is 0 Å². The van der Waals surface area contributed by atoms with Crippen molar-refractivity contribution in [1.82, 2.24) is 14.8 Å². The van der Waals surface area contributed by atoms with E-state index in [0.717, 1.165) is 11.3 Å². The first kappa shape index (κ1) is 22.3. The highest BCUT2D eigenvalue weighted by atomic mass is 16.5. The molecule has 2 heterocycles. The monoisotopic (exact) mass is 445 g/mol. The minimum Gasteiger partial charge on any atom is -0.493 e. The molecule has 2 aromatic carbocycles. The number of hydrogen-bond acceptors (Lipinski definition) is 5. The molecule has 33 heavy (non-hydrogen) atoms. The SMILES string of the molecule is COc1cccc(C(=O)N2CCN(C(C)=O)CC2c2ccccc2)c1OCc1ccccn1. The van der Waals surface area contributed by atoms with Crippen LogP contribution in [0.4, 0.5) is 0 Å². The molecule has 0 saturated carbocycles. The summed E-state index contributed by atoms with van der Waals surface area (Å²) in [6.07, 6.45) is 1.70. The molecule has 1 unspecified atom stereocenters. The first-order valence-corrected chi connectivity index (χ1v) is 10.9. The molecule has 1 saturated heterocycles. The number of methoxy groups -OCH3 is 1. The van der Waals surface area contributed by atoms with Crippen LogP contribution in [0.5, 0.6) is 11.5 Å². The van der Waals surface area contributed by atoms with Crippen molar-refractivity contribution < 1.29 is 19.1 Å². The Bertz CT molecular complexity index is 1110. The lowest BCUT2D eigenvalue weighted by Gasteiger charge is -2.41. The number of pyridine rings is 1. The summed E-state index contributed by atoms with van der Waals surface area (Å²) < 4.78 is 11.6.